The maximum absolute atomic E-state index is 9.65. The van der Waals surface area contributed by atoms with Crippen LogP contribution in [0.2, 0.25) is 5.02 Å². The Morgan fingerprint density at radius 2 is 2.00 bits per heavy atom. The molecule has 2 nitrogen and oxygen atoms in total. The minimum Gasteiger partial charge on any atom is -0.396 e. The van der Waals surface area contributed by atoms with Crippen LogP contribution in [-0.4, -0.2) is 16.7 Å². The Hall–Kier alpha value is -0.900. The van der Waals surface area contributed by atoms with Crippen LogP contribution in [0.5, 0.6) is 0 Å². The Kier molecular flexibility index (Phi) is 4.84. The van der Waals surface area contributed by atoms with Crippen LogP contribution >= 0.6 is 22.9 Å². The Morgan fingerprint density at radius 1 is 1.30 bits per heavy atom. The van der Waals surface area contributed by atoms with Crippen LogP contribution in [0, 0.1) is 0 Å². The molecule has 0 radical (unpaired) electrons. The lowest BCUT2D eigenvalue weighted by Gasteiger charge is -2.16. The number of rotatable bonds is 4. The second-order valence-corrected chi connectivity index (χ2v) is 7.33. The molecule has 0 aliphatic rings. The van der Waals surface area contributed by atoms with Crippen LogP contribution in [0.15, 0.2) is 29.6 Å². The van der Waals surface area contributed by atoms with E-state index in [-0.39, 0.29) is 17.9 Å². The van der Waals surface area contributed by atoms with E-state index in [2.05, 4.69) is 31.1 Å². The third-order valence-electron chi connectivity index (χ3n) is 3.31. The van der Waals surface area contributed by atoms with Crippen molar-refractivity contribution in [3.63, 3.8) is 0 Å². The highest BCUT2D eigenvalue weighted by atomic mass is 35.5. The summed E-state index contributed by atoms with van der Waals surface area (Å²) in [4.78, 5) is 4.69. The van der Waals surface area contributed by atoms with Crippen LogP contribution in [-0.2, 0) is 11.8 Å². The molecule has 0 aliphatic carbocycles. The van der Waals surface area contributed by atoms with E-state index in [1.54, 1.807) is 11.3 Å². The number of thiazole rings is 1. The monoisotopic (exact) mass is 309 g/mol. The lowest BCUT2D eigenvalue weighted by atomic mass is 9.93. The highest BCUT2D eigenvalue weighted by Crippen LogP contribution is 2.30. The number of aromatic nitrogens is 1. The first-order valence-corrected chi connectivity index (χ1v) is 7.97. The first kappa shape index (κ1) is 15.5. The van der Waals surface area contributed by atoms with E-state index in [0.717, 1.165) is 22.7 Å². The van der Waals surface area contributed by atoms with Gasteiger partial charge in [-0.3, -0.25) is 0 Å². The van der Waals surface area contributed by atoms with Gasteiger partial charge in [-0.25, -0.2) is 4.98 Å². The number of aliphatic hydroxyl groups excluding tert-OH is 1. The molecule has 1 heterocycles. The van der Waals surface area contributed by atoms with Gasteiger partial charge < -0.3 is 5.11 Å². The van der Waals surface area contributed by atoms with Gasteiger partial charge in [0.05, 0.1) is 17.3 Å². The molecule has 1 aromatic carbocycles. The summed E-state index contributed by atoms with van der Waals surface area (Å²) < 4.78 is 0. The zero-order chi connectivity index (χ0) is 14.8. The van der Waals surface area contributed by atoms with Gasteiger partial charge in [0.2, 0.25) is 0 Å². The van der Waals surface area contributed by atoms with Gasteiger partial charge >= 0.3 is 0 Å². The van der Waals surface area contributed by atoms with Gasteiger partial charge in [-0.2, -0.15) is 0 Å². The molecule has 1 aromatic heterocycles. The van der Waals surface area contributed by atoms with Gasteiger partial charge in [-0.05, 0) is 11.6 Å². The lowest BCUT2D eigenvalue weighted by molar-refractivity contribution is 0.264. The second-order valence-electron chi connectivity index (χ2n) is 5.98. The molecule has 0 fully saturated rings. The number of nitrogens with zero attached hydrogens (tertiary/aromatic N) is 1. The van der Waals surface area contributed by atoms with Crippen molar-refractivity contribution in [2.45, 2.75) is 38.5 Å². The van der Waals surface area contributed by atoms with E-state index in [4.69, 9.17) is 11.6 Å². The van der Waals surface area contributed by atoms with Crippen molar-refractivity contribution in [1.29, 1.82) is 0 Å². The molecule has 2 aromatic rings. The quantitative estimate of drug-likeness (QED) is 0.907. The zero-order valence-electron chi connectivity index (χ0n) is 12.1. The van der Waals surface area contributed by atoms with E-state index in [1.807, 2.05) is 24.3 Å². The summed E-state index contributed by atoms with van der Waals surface area (Å²) in [5.74, 6) is 0.00247. The number of hydrogen-bond donors (Lipinski definition) is 1. The molecule has 0 saturated carbocycles. The molecule has 0 amide bonds. The van der Waals surface area contributed by atoms with Crippen molar-refractivity contribution in [2.24, 2.45) is 0 Å². The molecule has 0 aliphatic heterocycles. The topological polar surface area (TPSA) is 33.1 Å². The zero-order valence-corrected chi connectivity index (χ0v) is 13.6. The van der Waals surface area contributed by atoms with E-state index in [1.165, 1.54) is 0 Å². The molecule has 0 spiro atoms. The fourth-order valence-electron chi connectivity index (χ4n) is 2.04. The summed E-state index contributed by atoms with van der Waals surface area (Å²) in [6.45, 7) is 6.55. The molecule has 0 saturated heterocycles. The van der Waals surface area contributed by atoms with Gasteiger partial charge in [0.15, 0.2) is 0 Å². The van der Waals surface area contributed by atoms with Crippen LogP contribution in [0.25, 0.3) is 0 Å². The SMILES string of the molecule is CC(C)(C)c1csc(CC(CO)c2ccccc2Cl)n1. The third-order valence-corrected chi connectivity index (χ3v) is 4.52. The normalized spacial score (nSPS) is 13.4. The summed E-state index contributed by atoms with van der Waals surface area (Å²) in [5, 5.41) is 13.5. The van der Waals surface area contributed by atoms with E-state index in [0.29, 0.717) is 5.02 Å². The molecular weight excluding hydrogens is 290 g/mol. The first-order valence-electron chi connectivity index (χ1n) is 6.72. The van der Waals surface area contributed by atoms with Gasteiger partial charge in [0.25, 0.3) is 0 Å². The Balaban J connectivity index is 2.19. The average molecular weight is 310 g/mol. The van der Waals surface area contributed by atoms with Gasteiger partial charge in [-0.1, -0.05) is 50.6 Å². The molecule has 108 valence electrons. The Bertz CT molecular complexity index is 574. The van der Waals surface area contributed by atoms with Crippen LogP contribution in [0.1, 0.15) is 43.0 Å². The molecule has 0 bridgehead atoms. The number of halogens is 1. The number of hydrogen-bond acceptors (Lipinski definition) is 3. The van der Waals surface area contributed by atoms with Gasteiger partial charge in [0.1, 0.15) is 0 Å². The predicted molar refractivity (Wildman–Crippen MR) is 85.8 cm³/mol. The van der Waals surface area contributed by atoms with E-state index >= 15 is 0 Å². The number of benzene rings is 1. The number of aliphatic hydroxyl groups is 1. The standard InChI is InChI=1S/C16H20ClNOS/c1-16(2,3)14-10-20-15(18-14)8-11(9-19)12-6-4-5-7-13(12)17/h4-7,10-11,19H,8-9H2,1-3H3. The smallest absolute Gasteiger partial charge is 0.0935 e. The Labute approximate surface area is 129 Å². The maximum atomic E-state index is 9.65. The highest BCUT2D eigenvalue weighted by molar-refractivity contribution is 7.09. The average Bonchev–Trinajstić information content (AvgIpc) is 2.85. The summed E-state index contributed by atoms with van der Waals surface area (Å²) in [6, 6.07) is 7.69. The van der Waals surface area contributed by atoms with Crippen molar-refractivity contribution in [3.05, 3.63) is 50.9 Å². The van der Waals surface area contributed by atoms with Crippen LogP contribution in [0.4, 0.5) is 0 Å². The van der Waals surface area contributed by atoms with Gasteiger partial charge in [-0.15, -0.1) is 11.3 Å². The summed E-state index contributed by atoms with van der Waals surface area (Å²) in [7, 11) is 0. The predicted octanol–water partition coefficient (Wildman–Crippen LogP) is 4.41. The van der Waals surface area contributed by atoms with Crippen molar-refractivity contribution in [1.82, 2.24) is 4.98 Å². The van der Waals surface area contributed by atoms with Crippen molar-refractivity contribution in [2.75, 3.05) is 6.61 Å². The van der Waals surface area contributed by atoms with Crippen molar-refractivity contribution < 1.29 is 5.11 Å². The fraction of sp³-hybridized carbons (Fsp3) is 0.438. The summed E-state index contributed by atoms with van der Waals surface area (Å²) >= 11 is 7.87. The lowest BCUT2D eigenvalue weighted by Crippen LogP contribution is -2.12. The Morgan fingerprint density at radius 3 is 2.55 bits per heavy atom. The minimum atomic E-state index is 0.00247. The summed E-state index contributed by atoms with van der Waals surface area (Å²) in [6.07, 6.45) is 0.723. The van der Waals surface area contributed by atoms with Crippen LogP contribution < -0.4 is 0 Å². The molecule has 1 unspecified atom stereocenters. The maximum Gasteiger partial charge on any atom is 0.0935 e. The third kappa shape index (κ3) is 3.60. The molecule has 1 N–H and O–H groups in total. The minimum absolute atomic E-state index is 0.00247. The van der Waals surface area contributed by atoms with E-state index < -0.39 is 0 Å². The second kappa shape index (κ2) is 6.25. The van der Waals surface area contributed by atoms with Crippen LogP contribution in [0.3, 0.4) is 0 Å². The first-order chi connectivity index (χ1) is 9.41. The molecule has 1 atom stereocenters. The van der Waals surface area contributed by atoms with Crippen molar-refractivity contribution >= 4 is 22.9 Å². The van der Waals surface area contributed by atoms with Crippen molar-refractivity contribution in [3.8, 4) is 0 Å². The van der Waals surface area contributed by atoms with E-state index in [9.17, 15) is 5.11 Å². The molecule has 4 heteroatoms. The highest BCUT2D eigenvalue weighted by Gasteiger charge is 2.20. The fourth-order valence-corrected chi connectivity index (χ4v) is 3.43. The molecular formula is C16H20ClNOS. The largest absolute Gasteiger partial charge is 0.396 e. The van der Waals surface area contributed by atoms with Gasteiger partial charge in [0, 0.05) is 28.2 Å². The molecule has 2 rings (SSSR count). The summed E-state index contributed by atoms with van der Waals surface area (Å²) in [5.41, 5.74) is 2.16. The molecule has 20 heavy (non-hydrogen) atoms.